The summed E-state index contributed by atoms with van der Waals surface area (Å²) < 4.78 is 5.95. The van der Waals surface area contributed by atoms with Gasteiger partial charge in [-0.15, -0.1) is 0 Å². The predicted octanol–water partition coefficient (Wildman–Crippen LogP) is 5.29. The van der Waals surface area contributed by atoms with Crippen molar-refractivity contribution in [3.8, 4) is 22.6 Å². The summed E-state index contributed by atoms with van der Waals surface area (Å²) in [7, 11) is 3.95. The lowest BCUT2D eigenvalue weighted by atomic mass is 10.1. The van der Waals surface area contributed by atoms with Gasteiger partial charge >= 0.3 is 5.97 Å². The van der Waals surface area contributed by atoms with Crippen molar-refractivity contribution in [1.82, 2.24) is 4.98 Å². The molecule has 3 aromatic rings. The van der Waals surface area contributed by atoms with Gasteiger partial charge < -0.3 is 14.4 Å². The fraction of sp³-hybridized carbons (Fsp3) is 0.200. The second kappa shape index (κ2) is 8.06. The Hall–Kier alpha value is -2.44. The average Bonchev–Trinajstić information content (AvgIpc) is 3.06. The SMILES string of the molecule is CC(Sc1nc(-c2ccc(Cl)cc2)c(-c2ccc(N(C)C)cc2)o1)C(=O)O. The van der Waals surface area contributed by atoms with Crippen LogP contribution in [-0.4, -0.2) is 35.4 Å². The van der Waals surface area contributed by atoms with Crippen LogP contribution in [0.1, 0.15) is 6.92 Å². The lowest BCUT2D eigenvalue weighted by molar-refractivity contribution is -0.136. The van der Waals surface area contributed by atoms with Gasteiger partial charge in [0.05, 0.1) is 0 Å². The molecule has 0 aliphatic carbocycles. The van der Waals surface area contributed by atoms with E-state index in [1.165, 1.54) is 0 Å². The standard InChI is InChI=1S/C20H19ClN2O3S/c1-12(19(24)25)27-20-22-17(13-4-8-15(21)9-5-13)18(26-20)14-6-10-16(11-7-14)23(2)3/h4-12H,1-3H3,(H,24,25). The van der Waals surface area contributed by atoms with Crippen molar-refractivity contribution in [2.45, 2.75) is 17.4 Å². The smallest absolute Gasteiger partial charge is 0.316 e. The van der Waals surface area contributed by atoms with Crippen LogP contribution >= 0.6 is 23.4 Å². The molecule has 1 heterocycles. The van der Waals surface area contributed by atoms with Crippen molar-refractivity contribution >= 4 is 35.0 Å². The highest BCUT2D eigenvalue weighted by atomic mass is 35.5. The van der Waals surface area contributed by atoms with E-state index in [1.807, 2.05) is 55.4 Å². The number of carboxylic acid groups (broad SMARTS) is 1. The van der Waals surface area contributed by atoms with Gasteiger partial charge in [-0.1, -0.05) is 35.5 Å². The first kappa shape index (κ1) is 19.3. The lowest BCUT2D eigenvalue weighted by Gasteiger charge is -2.12. The molecule has 3 rings (SSSR count). The van der Waals surface area contributed by atoms with Gasteiger partial charge in [0.1, 0.15) is 10.9 Å². The Morgan fingerprint density at radius 3 is 2.26 bits per heavy atom. The van der Waals surface area contributed by atoms with E-state index in [1.54, 1.807) is 19.1 Å². The number of halogens is 1. The molecule has 27 heavy (non-hydrogen) atoms. The first-order valence-electron chi connectivity index (χ1n) is 8.29. The topological polar surface area (TPSA) is 66.6 Å². The van der Waals surface area contributed by atoms with Crippen LogP contribution in [-0.2, 0) is 4.79 Å². The monoisotopic (exact) mass is 402 g/mol. The molecule has 1 unspecified atom stereocenters. The van der Waals surface area contributed by atoms with Crippen LogP contribution in [0.25, 0.3) is 22.6 Å². The van der Waals surface area contributed by atoms with Gasteiger partial charge in [-0.05, 0) is 43.3 Å². The second-order valence-electron chi connectivity index (χ2n) is 6.20. The van der Waals surface area contributed by atoms with Gasteiger partial charge in [-0.3, -0.25) is 4.79 Å². The van der Waals surface area contributed by atoms with Crippen LogP contribution in [0.5, 0.6) is 0 Å². The zero-order valence-corrected chi connectivity index (χ0v) is 16.7. The molecular formula is C20H19ClN2O3S. The molecule has 0 spiro atoms. The summed E-state index contributed by atoms with van der Waals surface area (Å²) in [6.07, 6.45) is 0. The number of hydrogen-bond acceptors (Lipinski definition) is 5. The van der Waals surface area contributed by atoms with Gasteiger partial charge in [0, 0.05) is 35.9 Å². The quantitative estimate of drug-likeness (QED) is 0.565. The van der Waals surface area contributed by atoms with Gasteiger partial charge in [-0.25, -0.2) is 4.98 Å². The minimum absolute atomic E-state index is 0.321. The number of carboxylic acids is 1. The number of anilines is 1. The molecule has 0 aliphatic heterocycles. The zero-order valence-electron chi connectivity index (χ0n) is 15.1. The summed E-state index contributed by atoms with van der Waals surface area (Å²) in [5.74, 6) is -0.314. The summed E-state index contributed by atoms with van der Waals surface area (Å²) in [5, 5.41) is 9.45. The molecular weight excluding hydrogens is 384 g/mol. The van der Waals surface area contributed by atoms with Gasteiger partial charge in [0.15, 0.2) is 5.76 Å². The number of rotatable bonds is 6. The molecule has 0 fully saturated rings. The predicted molar refractivity (Wildman–Crippen MR) is 110 cm³/mol. The highest BCUT2D eigenvalue weighted by Crippen LogP contribution is 2.37. The highest BCUT2D eigenvalue weighted by Gasteiger charge is 2.21. The van der Waals surface area contributed by atoms with Crippen LogP contribution in [0.2, 0.25) is 5.02 Å². The summed E-state index contributed by atoms with van der Waals surface area (Å²) in [6, 6.07) is 15.2. The Morgan fingerprint density at radius 2 is 1.70 bits per heavy atom. The van der Waals surface area contributed by atoms with Crippen LogP contribution in [0.15, 0.2) is 58.2 Å². The molecule has 2 aromatic carbocycles. The molecule has 0 aliphatic rings. The van der Waals surface area contributed by atoms with Gasteiger partial charge in [-0.2, -0.15) is 0 Å². The number of aromatic nitrogens is 1. The van der Waals surface area contributed by atoms with E-state index >= 15 is 0 Å². The van der Waals surface area contributed by atoms with Crippen molar-refractivity contribution < 1.29 is 14.3 Å². The number of benzene rings is 2. The molecule has 1 aromatic heterocycles. The maximum atomic E-state index is 11.2. The zero-order chi connectivity index (χ0) is 19.6. The largest absolute Gasteiger partial charge is 0.480 e. The Bertz CT molecular complexity index is 937. The molecule has 7 heteroatoms. The third kappa shape index (κ3) is 4.46. The number of nitrogens with zero attached hydrogens (tertiary/aromatic N) is 2. The summed E-state index contributed by atoms with van der Waals surface area (Å²) >= 11 is 7.07. The fourth-order valence-electron chi connectivity index (χ4n) is 2.46. The number of aliphatic carboxylic acids is 1. The van der Waals surface area contributed by atoms with Crippen molar-refractivity contribution in [1.29, 1.82) is 0 Å². The Kier molecular flexibility index (Phi) is 5.77. The van der Waals surface area contributed by atoms with Crippen molar-refractivity contribution in [2.24, 2.45) is 0 Å². The first-order valence-corrected chi connectivity index (χ1v) is 9.55. The molecule has 0 amide bonds. The lowest BCUT2D eigenvalue weighted by Crippen LogP contribution is -2.10. The van der Waals surface area contributed by atoms with Crippen LogP contribution in [0.3, 0.4) is 0 Å². The maximum absolute atomic E-state index is 11.2. The maximum Gasteiger partial charge on any atom is 0.316 e. The Morgan fingerprint density at radius 1 is 1.11 bits per heavy atom. The van der Waals surface area contributed by atoms with E-state index in [0.717, 1.165) is 28.6 Å². The third-order valence-electron chi connectivity index (χ3n) is 4.00. The van der Waals surface area contributed by atoms with Crippen LogP contribution in [0.4, 0.5) is 5.69 Å². The molecule has 0 bridgehead atoms. The summed E-state index contributed by atoms with van der Waals surface area (Å²) in [5.41, 5.74) is 3.45. The van der Waals surface area contributed by atoms with E-state index in [9.17, 15) is 4.79 Å². The molecule has 0 saturated heterocycles. The Balaban J connectivity index is 2.05. The highest BCUT2D eigenvalue weighted by molar-refractivity contribution is 8.00. The molecule has 5 nitrogen and oxygen atoms in total. The average molecular weight is 403 g/mol. The van der Waals surface area contributed by atoms with E-state index in [-0.39, 0.29) is 0 Å². The summed E-state index contributed by atoms with van der Waals surface area (Å²) in [4.78, 5) is 17.7. The molecule has 0 radical (unpaired) electrons. The molecule has 140 valence electrons. The van der Waals surface area contributed by atoms with Gasteiger partial charge in [0.2, 0.25) is 0 Å². The van der Waals surface area contributed by atoms with E-state index in [4.69, 9.17) is 21.1 Å². The molecule has 1 N–H and O–H groups in total. The van der Waals surface area contributed by atoms with E-state index < -0.39 is 11.2 Å². The van der Waals surface area contributed by atoms with Crippen molar-refractivity contribution in [2.75, 3.05) is 19.0 Å². The number of thioether (sulfide) groups is 1. The number of carbonyl (C=O) groups is 1. The van der Waals surface area contributed by atoms with Crippen LogP contribution < -0.4 is 4.90 Å². The van der Waals surface area contributed by atoms with E-state index in [2.05, 4.69) is 4.98 Å². The number of hydrogen-bond donors (Lipinski definition) is 1. The Labute approximate surface area is 167 Å². The van der Waals surface area contributed by atoms with E-state index in [0.29, 0.717) is 21.7 Å². The fourth-order valence-corrected chi connectivity index (χ4v) is 3.27. The first-order chi connectivity index (χ1) is 12.8. The summed E-state index contributed by atoms with van der Waals surface area (Å²) in [6.45, 7) is 1.60. The molecule has 1 atom stereocenters. The van der Waals surface area contributed by atoms with Crippen LogP contribution in [0, 0.1) is 0 Å². The normalized spacial score (nSPS) is 12.0. The van der Waals surface area contributed by atoms with Gasteiger partial charge in [0.25, 0.3) is 5.22 Å². The second-order valence-corrected chi connectivity index (χ2v) is 7.93. The third-order valence-corrected chi connectivity index (χ3v) is 5.18. The number of oxazole rings is 1. The minimum atomic E-state index is -0.914. The van der Waals surface area contributed by atoms with Crippen molar-refractivity contribution in [3.05, 3.63) is 53.6 Å². The van der Waals surface area contributed by atoms with Crippen molar-refractivity contribution in [3.63, 3.8) is 0 Å². The minimum Gasteiger partial charge on any atom is -0.480 e. The molecule has 0 saturated carbocycles.